The molecule has 0 spiro atoms. The fourth-order valence-corrected chi connectivity index (χ4v) is 2.12. The van der Waals surface area contributed by atoms with Crippen molar-refractivity contribution >= 4 is 43.2 Å². The Bertz CT molecular complexity index is 571. The van der Waals surface area contributed by atoms with Gasteiger partial charge < -0.3 is 5.32 Å². The second-order valence-electron chi connectivity index (χ2n) is 3.44. The molecule has 2 rings (SSSR count). The lowest BCUT2D eigenvalue weighted by atomic mass is 10.2. The summed E-state index contributed by atoms with van der Waals surface area (Å²) in [6.07, 6.45) is 0. The Hall–Kier alpha value is -1.31. The van der Waals surface area contributed by atoms with E-state index in [9.17, 15) is 0 Å². The summed E-state index contributed by atoms with van der Waals surface area (Å²) in [5.74, 6) is 0. The van der Waals surface area contributed by atoms with Crippen LogP contribution in [0.2, 0.25) is 0 Å². The minimum absolute atomic E-state index is 0.631. The lowest BCUT2D eigenvalue weighted by Crippen LogP contribution is -1.90. The van der Waals surface area contributed by atoms with Crippen molar-refractivity contribution in [3.8, 4) is 6.07 Å². The third kappa shape index (κ3) is 3.09. The van der Waals surface area contributed by atoms with E-state index in [2.05, 4.69) is 43.2 Å². The van der Waals surface area contributed by atoms with E-state index < -0.39 is 0 Å². The Morgan fingerprint density at radius 3 is 2.18 bits per heavy atom. The Balaban J connectivity index is 2.22. The Labute approximate surface area is 117 Å². The van der Waals surface area contributed by atoms with Crippen LogP contribution in [0, 0.1) is 11.3 Å². The van der Waals surface area contributed by atoms with Crippen molar-refractivity contribution in [2.75, 3.05) is 5.32 Å². The number of anilines is 2. The molecule has 84 valence electrons. The maximum atomic E-state index is 8.82. The number of benzene rings is 2. The molecule has 2 aromatic carbocycles. The minimum atomic E-state index is 0.631. The molecule has 4 heteroatoms. The van der Waals surface area contributed by atoms with Gasteiger partial charge in [0.05, 0.1) is 5.56 Å². The minimum Gasteiger partial charge on any atom is -0.355 e. The standard InChI is InChI=1S/C13H8Br2N2/c14-10-2-5-11(6-3-10)17-12-4-1-9(8-16)13(15)7-12/h1-7,17H. The monoisotopic (exact) mass is 350 g/mol. The molecule has 17 heavy (non-hydrogen) atoms. The summed E-state index contributed by atoms with van der Waals surface area (Å²) in [5, 5.41) is 12.1. The predicted octanol–water partition coefficient (Wildman–Crippen LogP) is 4.83. The lowest BCUT2D eigenvalue weighted by Gasteiger charge is -2.07. The molecule has 0 atom stereocenters. The molecule has 0 saturated heterocycles. The van der Waals surface area contributed by atoms with Crippen molar-refractivity contribution in [3.63, 3.8) is 0 Å². The molecule has 0 amide bonds. The highest BCUT2D eigenvalue weighted by atomic mass is 79.9. The SMILES string of the molecule is N#Cc1ccc(Nc2ccc(Br)cc2)cc1Br. The van der Waals surface area contributed by atoms with Crippen LogP contribution in [0.3, 0.4) is 0 Å². The molecule has 0 aliphatic heterocycles. The van der Waals surface area contributed by atoms with Crippen LogP contribution in [0.5, 0.6) is 0 Å². The normalized spacial score (nSPS) is 9.71. The number of nitrogens with zero attached hydrogens (tertiary/aromatic N) is 1. The van der Waals surface area contributed by atoms with Gasteiger partial charge in [0.15, 0.2) is 0 Å². The molecule has 1 N–H and O–H groups in total. The van der Waals surface area contributed by atoms with Crippen LogP contribution in [-0.2, 0) is 0 Å². The van der Waals surface area contributed by atoms with E-state index in [-0.39, 0.29) is 0 Å². The third-order valence-electron chi connectivity index (χ3n) is 2.22. The zero-order valence-electron chi connectivity index (χ0n) is 8.74. The predicted molar refractivity (Wildman–Crippen MR) is 76.3 cm³/mol. The second-order valence-corrected chi connectivity index (χ2v) is 5.21. The van der Waals surface area contributed by atoms with Crippen molar-refractivity contribution in [1.82, 2.24) is 0 Å². The van der Waals surface area contributed by atoms with Crippen LogP contribution >= 0.6 is 31.9 Å². The van der Waals surface area contributed by atoms with E-state index in [1.165, 1.54) is 0 Å². The van der Waals surface area contributed by atoms with Crippen LogP contribution in [0.15, 0.2) is 51.4 Å². The molecule has 2 nitrogen and oxygen atoms in total. The smallest absolute Gasteiger partial charge is 0.100 e. The van der Waals surface area contributed by atoms with E-state index in [0.29, 0.717) is 5.56 Å². The Morgan fingerprint density at radius 2 is 1.59 bits per heavy atom. The second kappa shape index (κ2) is 5.35. The van der Waals surface area contributed by atoms with Crippen molar-refractivity contribution < 1.29 is 0 Å². The lowest BCUT2D eigenvalue weighted by molar-refractivity contribution is 1.45. The number of nitriles is 1. The number of rotatable bonds is 2. The maximum Gasteiger partial charge on any atom is 0.100 e. The number of hydrogen-bond donors (Lipinski definition) is 1. The van der Waals surface area contributed by atoms with Gasteiger partial charge in [-0.05, 0) is 58.4 Å². The summed E-state index contributed by atoms with van der Waals surface area (Å²) < 4.78 is 1.84. The molecule has 0 bridgehead atoms. The van der Waals surface area contributed by atoms with Gasteiger partial charge in [-0.2, -0.15) is 5.26 Å². The van der Waals surface area contributed by atoms with E-state index in [4.69, 9.17) is 5.26 Å². The fourth-order valence-electron chi connectivity index (χ4n) is 1.38. The van der Waals surface area contributed by atoms with Crippen molar-refractivity contribution in [2.45, 2.75) is 0 Å². The zero-order valence-corrected chi connectivity index (χ0v) is 11.9. The third-order valence-corrected chi connectivity index (χ3v) is 3.41. The number of hydrogen-bond acceptors (Lipinski definition) is 2. The molecule has 0 aromatic heterocycles. The van der Waals surface area contributed by atoms with Gasteiger partial charge in [0.25, 0.3) is 0 Å². The summed E-state index contributed by atoms with van der Waals surface area (Å²) >= 11 is 6.75. The Morgan fingerprint density at radius 1 is 0.941 bits per heavy atom. The topological polar surface area (TPSA) is 35.8 Å². The zero-order chi connectivity index (χ0) is 12.3. The van der Waals surface area contributed by atoms with E-state index in [1.54, 1.807) is 6.07 Å². The van der Waals surface area contributed by atoms with Gasteiger partial charge in [0.1, 0.15) is 6.07 Å². The van der Waals surface area contributed by atoms with Gasteiger partial charge in [-0.1, -0.05) is 15.9 Å². The van der Waals surface area contributed by atoms with Crippen LogP contribution in [0.25, 0.3) is 0 Å². The first-order valence-corrected chi connectivity index (χ1v) is 6.50. The summed E-state index contributed by atoms with van der Waals surface area (Å²) in [7, 11) is 0. The van der Waals surface area contributed by atoms with Crippen LogP contribution in [0.1, 0.15) is 5.56 Å². The average molecular weight is 352 g/mol. The van der Waals surface area contributed by atoms with Gasteiger partial charge in [0, 0.05) is 20.3 Å². The average Bonchev–Trinajstić information content (AvgIpc) is 2.32. The molecular weight excluding hydrogens is 344 g/mol. The number of nitrogens with one attached hydrogen (secondary N) is 1. The fraction of sp³-hybridized carbons (Fsp3) is 0. The van der Waals surface area contributed by atoms with Crippen molar-refractivity contribution in [3.05, 3.63) is 57.0 Å². The maximum absolute atomic E-state index is 8.82. The van der Waals surface area contributed by atoms with Gasteiger partial charge in [0.2, 0.25) is 0 Å². The molecule has 0 heterocycles. The van der Waals surface area contributed by atoms with Crippen LogP contribution < -0.4 is 5.32 Å². The summed E-state index contributed by atoms with van der Waals surface area (Å²) in [6, 6.07) is 15.6. The van der Waals surface area contributed by atoms with Crippen LogP contribution in [0.4, 0.5) is 11.4 Å². The van der Waals surface area contributed by atoms with Crippen LogP contribution in [-0.4, -0.2) is 0 Å². The highest BCUT2D eigenvalue weighted by molar-refractivity contribution is 9.10. The highest BCUT2D eigenvalue weighted by Gasteiger charge is 2.00. The van der Waals surface area contributed by atoms with E-state index in [0.717, 1.165) is 20.3 Å². The van der Waals surface area contributed by atoms with Gasteiger partial charge in [-0.25, -0.2) is 0 Å². The highest BCUT2D eigenvalue weighted by Crippen LogP contribution is 2.24. The first-order valence-electron chi connectivity index (χ1n) is 4.91. The first kappa shape index (κ1) is 12.2. The van der Waals surface area contributed by atoms with Crippen molar-refractivity contribution in [2.24, 2.45) is 0 Å². The summed E-state index contributed by atoms with van der Waals surface area (Å²) in [5.41, 5.74) is 2.58. The van der Waals surface area contributed by atoms with Gasteiger partial charge >= 0.3 is 0 Å². The molecule has 0 radical (unpaired) electrons. The summed E-state index contributed by atoms with van der Waals surface area (Å²) in [4.78, 5) is 0. The summed E-state index contributed by atoms with van der Waals surface area (Å²) in [6.45, 7) is 0. The molecule has 0 aliphatic rings. The molecule has 0 fully saturated rings. The van der Waals surface area contributed by atoms with E-state index >= 15 is 0 Å². The van der Waals surface area contributed by atoms with E-state index in [1.807, 2.05) is 36.4 Å². The molecule has 0 saturated carbocycles. The largest absolute Gasteiger partial charge is 0.355 e. The van der Waals surface area contributed by atoms with Gasteiger partial charge in [-0.15, -0.1) is 0 Å². The van der Waals surface area contributed by atoms with Crippen molar-refractivity contribution in [1.29, 1.82) is 5.26 Å². The quantitative estimate of drug-likeness (QED) is 0.841. The Kier molecular flexibility index (Phi) is 3.82. The molecule has 2 aromatic rings. The molecular formula is C13H8Br2N2. The molecule has 0 unspecified atom stereocenters. The van der Waals surface area contributed by atoms with Gasteiger partial charge in [-0.3, -0.25) is 0 Å². The first-order chi connectivity index (χ1) is 8.19. The number of halogens is 2. The molecule has 0 aliphatic carbocycles.